The lowest BCUT2D eigenvalue weighted by Crippen LogP contribution is -2.38. The van der Waals surface area contributed by atoms with Crippen LogP contribution in [0.5, 0.6) is 0 Å². The maximum absolute atomic E-state index is 13.8. The maximum atomic E-state index is 13.8. The molecule has 1 aromatic heterocycles. The van der Waals surface area contributed by atoms with Gasteiger partial charge in [-0.2, -0.15) is 0 Å². The van der Waals surface area contributed by atoms with Gasteiger partial charge in [0.1, 0.15) is 18.2 Å². The number of ketones is 1. The zero-order valence-corrected chi connectivity index (χ0v) is 18.7. The monoisotopic (exact) mass is 468 g/mol. The predicted octanol–water partition coefficient (Wildman–Crippen LogP) is 4.44. The highest BCUT2D eigenvalue weighted by Gasteiger charge is 2.33. The minimum atomic E-state index is -0.362. The molecule has 0 radical (unpaired) electrons. The summed E-state index contributed by atoms with van der Waals surface area (Å²) < 4.78 is 24.9. The third kappa shape index (κ3) is 4.62. The van der Waals surface area contributed by atoms with Crippen LogP contribution in [0.1, 0.15) is 56.7 Å². The number of nitrogens with zero attached hydrogens (tertiary/aromatic N) is 2. The third-order valence-electron chi connectivity index (χ3n) is 6.72. The Labute approximate surface area is 201 Å². The van der Waals surface area contributed by atoms with Crippen LogP contribution in [0.25, 0.3) is 11.3 Å². The summed E-state index contributed by atoms with van der Waals surface area (Å²) in [4.78, 5) is 31.7. The standard InChI is InChI=1S/C26H27FN2O4.CH4.H2/c1-2-32-26(31)16-7-10-29(11-8-16)12-9-19-5-6-20-22(28-19)15-33-25(20)24-21-14-18(27)4-3-17(21)13-23(24)30;;/h3-6,14,16H,2,7-13,15H2,1H3;1H4;1H/b25-24+;;. The second kappa shape index (κ2) is 10.1. The van der Waals surface area contributed by atoms with E-state index < -0.39 is 0 Å². The lowest BCUT2D eigenvalue weighted by molar-refractivity contribution is -0.149. The van der Waals surface area contributed by atoms with E-state index in [1.807, 2.05) is 19.1 Å². The van der Waals surface area contributed by atoms with Gasteiger partial charge < -0.3 is 14.4 Å². The smallest absolute Gasteiger partial charge is 0.309 e. The van der Waals surface area contributed by atoms with Crippen LogP contribution >= 0.6 is 0 Å². The number of likely N-dealkylation sites (tertiary alicyclic amines) is 1. The largest absolute Gasteiger partial charge is 0.486 e. The second-order valence-electron chi connectivity index (χ2n) is 8.81. The summed E-state index contributed by atoms with van der Waals surface area (Å²) in [5.74, 6) is 0.0426. The summed E-state index contributed by atoms with van der Waals surface area (Å²) in [7, 11) is 0. The van der Waals surface area contributed by atoms with Crippen LogP contribution in [0.4, 0.5) is 4.39 Å². The number of halogens is 1. The quantitative estimate of drug-likeness (QED) is 0.477. The molecular formula is C27H33FN2O4. The summed E-state index contributed by atoms with van der Waals surface area (Å²) in [5, 5.41) is 0. The molecule has 7 heteroatoms. The van der Waals surface area contributed by atoms with E-state index in [0.29, 0.717) is 30.1 Å². The molecule has 2 aliphatic heterocycles. The number of hydrogen-bond acceptors (Lipinski definition) is 6. The highest BCUT2D eigenvalue weighted by Crippen LogP contribution is 2.40. The Morgan fingerprint density at radius 1 is 1.24 bits per heavy atom. The average molecular weight is 469 g/mol. The highest BCUT2D eigenvalue weighted by atomic mass is 19.1. The fraction of sp³-hybridized carbons (Fsp3) is 0.444. The van der Waals surface area contributed by atoms with Crippen LogP contribution < -0.4 is 0 Å². The fourth-order valence-electron chi connectivity index (χ4n) is 4.95. The Kier molecular flexibility index (Phi) is 7.12. The number of aromatic nitrogens is 1. The van der Waals surface area contributed by atoms with Crippen molar-refractivity contribution in [2.45, 2.75) is 46.6 Å². The molecule has 182 valence electrons. The molecule has 1 fully saturated rings. The number of allylic oxidation sites excluding steroid dienone is 1. The minimum absolute atomic E-state index is 0. The number of fused-ring (bicyclic) bond motifs is 2. The number of pyridine rings is 1. The van der Waals surface area contributed by atoms with Gasteiger partial charge in [-0.15, -0.1) is 0 Å². The molecule has 1 saturated heterocycles. The number of carbonyl (C=O) groups excluding carboxylic acids is 2. The van der Waals surface area contributed by atoms with Crippen LogP contribution in [0.15, 0.2) is 30.3 Å². The van der Waals surface area contributed by atoms with E-state index in [4.69, 9.17) is 14.5 Å². The zero-order chi connectivity index (χ0) is 22.9. The topological polar surface area (TPSA) is 68.7 Å². The van der Waals surface area contributed by atoms with Gasteiger partial charge >= 0.3 is 5.97 Å². The average Bonchev–Trinajstić information content (AvgIpc) is 3.37. The summed E-state index contributed by atoms with van der Waals surface area (Å²) in [5.41, 5.74) is 4.51. The number of esters is 1. The molecule has 1 aromatic carbocycles. The molecule has 34 heavy (non-hydrogen) atoms. The molecular weight excluding hydrogens is 435 g/mol. The Morgan fingerprint density at radius 2 is 2.03 bits per heavy atom. The molecule has 5 rings (SSSR count). The number of ether oxygens (including phenoxy) is 2. The van der Waals surface area contributed by atoms with E-state index in [2.05, 4.69) is 4.90 Å². The van der Waals surface area contributed by atoms with Gasteiger partial charge in [-0.05, 0) is 68.2 Å². The van der Waals surface area contributed by atoms with Crippen molar-refractivity contribution in [3.05, 3.63) is 64.2 Å². The Hall–Kier alpha value is -3.06. The molecule has 0 bridgehead atoms. The van der Waals surface area contributed by atoms with Crippen LogP contribution in [0.2, 0.25) is 0 Å². The SMILES string of the molecule is C.CCOC(=O)C1CCN(CCc2ccc3c(n2)CO/C3=C2/C(=O)Cc3ccc(F)cc32)CC1.[HH]. The van der Waals surface area contributed by atoms with Gasteiger partial charge in [0, 0.05) is 32.1 Å². The van der Waals surface area contributed by atoms with E-state index in [1.165, 1.54) is 12.1 Å². The third-order valence-corrected chi connectivity index (χ3v) is 6.72. The summed E-state index contributed by atoms with van der Waals surface area (Å²) in [6.45, 7) is 5.22. The van der Waals surface area contributed by atoms with Crippen molar-refractivity contribution in [2.24, 2.45) is 5.92 Å². The molecule has 3 aliphatic rings. The van der Waals surface area contributed by atoms with Crippen molar-refractivity contribution in [2.75, 3.05) is 26.2 Å². The van der Waals surface area contributed by atoms with E-state index in [9.17, 15) is 14.0 Å². The van der Waals surface area contributed by atoms with E-state index in [1.54, 1.807) is 6.07 Å². The maximum Gasteiger partial charge on any atom is 0.309 e. The molecule has 0 spiro atoms. The minimum Gasteiger partial charge on any atom is -0.486 e. The lowest BCUT2D eigenvalue weighted by Gasteiger charge is -2.30. The fourth-order valence-corrected chi connectivity index (χ4v) is 4.95. The van der Waals surface area contributed by atoms with Crippen LogP contribution in [0, 0.1) is 11.7 Å². The van der Waals surface area contributed by atoms with Crippen molar-refractivity contribution < 1.29 is 24.9 Å². The van der Waals surface area contributed by atoms with Crippen LogP contribution in [-0.2, 0) is 38.5 Å². The molecule has 6 nitrogen and oxygen atoms in total. The van der Waals surface area contributed by atoms with Gasteiger partial charge in [0.15, 0.2) is 5.78 Å². The van der Waals surface area contributed by atoms with Crippen LogP contribution in [0.3, 0.4) is 0 Å². The second-order valence-corrected chi connectivity index (χ2v) is 8.81. The Balaban J connectivity index is 0.00000171. The summed E-state index contributed by atoms with van der Waals surface area (Å²) in [6, 6.07) is 8.41. The Bertz CT molecular complexity index is 1140. The molecule has 1 aliphatic carbocycles. The summed E-state index contributed by atoms with van der Waals surface area (Å²) in [6.07, 6.45) is 2.73. The molecule has 3 heterocycles. The first kappa shape index (κ1) is 24.1. The number of rotatable bonds is 5. The van der Waals surface area contributed by atoms with E-state index >= 15 is 0 Å². The van der Waals surface area contributed by atoms with Crippen molar-refractivity contribution in [3.8, 4) is 0 Å². The molecule has 0 saturated carbocycles. The first-order valence-corrected chi connectivity index (χ1v) is 11.6. The molecule has 2 aromatic rings. The van der Waals surface area contributed by atoms with Crippen molar-refractivity contribution in [1.29, 1.82) is 0 Å². The normalized spacial score (nSPS) is 19.9. The number of piperidine rings is 1. The van der Waals surface area contributed by atoms with E-state index in [0.717, 1.165) is 61.4 Å². The van der Waals surface area contributed by atoms with Crippen molar-refractivity contribution in [3.63, 3.8) is 0 Å². The van der Waals surface area contributed by atoms with Crippen LogP contribution in [-0.4, -0.2) is 47.9 Å². The van der Waals surface area contributed by atoms with Gasteiger partial charge in [-0.1, -0.05) is 13.5 Å². The van der Waals surface area contributed by atoms with Gasteiger partial charge in [-0.3, -0.25) is 14.6 Å². The van der Waals surface area contributed by atoms with E-state index in [-0.39, 0.29) is 38.8 Å². The van der Waals surface area contributed by atoms with Gasteiger partial charge in [0.25, 0.3) is 0 Å². The number of Topliss-reactive ketones (excluding diaryl/α,β-unsaturated/α-hetero) is 1. The van der Waals surface area contributed by atoms with Crippen molar-refractivity contribution in [1.82, 2.24) is 9.88 Å². The number of hydrogen-bond donors (Lipinski definition) is 0. The highest BCUT2D eigenvalue weighted by molar-refractivity contribution is 6.31. The first-order valence-electron chi connectivity index (χ1n) is 11.6. The van der Waals surface area contributed by atoms with Gasteiger partial charge in [0.05, 0.1) is 23.8 Å². The number of carbonyl (C=O) groups is 2. The molecule has 0 unspecified atom stereocenters. The summed E-state index contributed by atoms with van der Waals surface area (Å²) >= 11 is 0. The predicted molar refractivity (Wildman–Crippen MR) is 129 cm³/mol. The molecule has 0 atom stereocenters. The Morgan fingerprint density at radius 3 is 2.79 bits per heavy atom. The zero-order valence-electron chi connectivity index (χ0n) is 18.7. The van der Waals surface area contributed by atoms with Gasteiger partial charge in [-0.25, -0.2) is 4.39 Å². The first-order chi connectivity index (χ1) is 16.0. The molecule has 0 amide bonds. The lowest BCUT2D eigenvalue weighted by atomic mass is 9.97. The van der Waals surface area contributed by atoms with Crippen molar-refractivity contribution >= 4 is 23.1 Å². The van der Waals surface area contributed by atoms with Gasteiger partial charge in [0.2, 0.25) is 0 Å². The number of benzene rings is 1. The molecule has 0 N–H and O–H groups in total.